The summed E-state index contributed by atoms with van der Waals surface area (Å²) in [5, 5.41) is 5.19. The van der Waals surface area contributed by atoms with Gasteiger partial charge in [0, 0.05) is 5.56 Å². The van der Waals surface area contributed by atoms with Crippen molar-refractivity contribution in [2.24, 2.45) is 28.8 Å². The van der Waals surface area contributed by atoms with Crippen LogP contribution in [0.3, 0.4) is 0 Å². The van der Waals surface area contributed by atoms with E-state index >= 15 is 0 Å². The van der Waals surface area contributed by atoms with Crippen molar-refractivity contribution in [3.05, 3.63) is 35.9 Å². The van der Waals surface area contributed by atoms with E-state index in [2.05, 4.69) is 17.3 Å². The van der Waals surface area contributed by atoms with Gasteiger partial charge in [0.1, 0.15) is 0 Å². The number of nitrogens with zero attached hydrogens (tertiary/aromatic N) is 2. The second-order valence-electron chi connectivity index (χ2n) is 6.32. The van der Waals surface area contributed by atoms with Crippen LogP contribution in [0.15, 0.2) is 35.5 Å². The van der Waals surface area contributed by atoms with Gasteiger partial charge in [0.05, 0.1) is 32.3 Å². The Morgan fingerprint density at radius 3 is 2.33 bits per heavy atom. The molecule has 24 heavy (non-hydrogen) atoms. The number of para-hydroxylation sites is 1. The van der Waals surface area contributed by atoms with Crippen molar-refractivity contribution in [2.75, 3.05) is 14.2 Å². The summed E-state index contributed by atoms with van der Waals surface area (Å²) in [6.07, 6.45) is 6.52. The average Bonchev–Trinajstić information content (AvgIpc) is 3.27. The SMILES string of the molecule is COc1cccc(/C=N\N2C(=O)[C@@H]3[C@H](C2=O)[C@H]2C=C[C@H]3C2)c1OC. The number of benzene rings is 1. The first-order chi connectivity index (χ1) is 11.7. The number of imide groups is 1. The van der Waals surface area contributed by atoms with Gasteiger partial charge in [-0.05, 0) is 30.4 Å². The predicted molar refractivity (Wildman–Crippen MR) is 86.7 cm³/mol. The third-order valence-electron chi connectivity index (χ3n) is 5.19. The Bertz CT molecular complexity index is 740. The van der Waals surface area contributed by atoms with E-state index in [-0.39, 0.29) is 35.5 Å². The number of fused-ring (bicyclic) bond motifs is 5. The molecule has 6 heteroatoms. The van der Waals surface area contributed by atoms with Crippen LogP contribution < -0.4 is 9.47 Å². The van der Waals surface area contributed by atoms with Gasteiger partial charge < -0.3 is 9.47 Å². The van der Waals surface area contributed by atoms with Gasteiger partial charge in [0.15, 0.2) is 11.5 Å². The lowest BCUT2D eigenvalue weighted by Crippen LogP contribution is -2.28. The smallest absolute Gasteiger partial charge is 0.254 e. The fourth-order valence-corrected chi connectivity index (χ4v) is 4.13. The van der Waals surface area contributed by atoms with E-state index < -0.39 is 0 Å². The van der Waals surface area contributed by atoms with E-state index in [0.29, 0.717) is 17.1 Å². The zero-order valence-electron chi connectivity index (χ0n) is 13.5. The highest BCUT2D eigenvalue weighted by Gasteiger charge is 2.59. The summed E-state index contributed by atoms with van der Waals surface area (Å²) >= 11 is 0. The number of carbonyl (C=O) groups excluding carboxylic acids is 2. The molecule has 1 heterocycles. The van der Waals surface area contributed by atoms with E-state index in [0.717, 1.165) is 11.4 Å². The van der Waals surface area contributed by atoms with Crippen molar-refractivity contribution in [2.45, 2.75) is 6.42 Å². The first kappa shape index (κ1) is 14.9. The third-order valence-corrected chi connectivity index (χ3v) is 5.19. The van der Waals surface area contributed by atoms with Gasteiger partial charge in [-0.1, -0.05) is 18.2 Å². The number of rotatable bonds is 4. The Balaban J connectivity index is 1.62. The van der Waals surface area contributed by atoms with Crippen molar-refractivity contribution in [3.63, 3.8) is 0 Å². The number of carbonyl (C=O) groups is 2. The second-order valence-corrected chi connectivity index (χ2v) is 6.32. The minimum Gasteiger partial charge on any atom is -0.493 e. The van der Waals surface area contributed by atoms with E-state index in [9.17, 15) is 9.59 Å². The first-order valence-corrected chi connectivity index (χ1v) is 7.96. The lowest BCUT2D eigenvalue weighted by Gasteiger charge is -2.13. The van der Waals surface area contributed by atoms with Crippen molar-refractivity contribution in [1.82, 2.24) is 5.01 Å². The van der Waals surface area contributed by atoms with Crippen LogP contribution in [0.5, 0.6) is 11.5 Å². The Hall–Kier alpha value is -2.63. The zero-order chi connectivity index (χ0) is 16.8. The van der Waals surface area contributed by atoms with Gasteiger partial charge in [-0.3, -0.25) is 9.59 Å². The maximum Gasteiger partial charge on any atom is 0.254 e. The largest absolute Gasteiger partial charge is 0.493 e. The lowest BCUT2D eigenvalue weighted by molar-refractivity contribution is -0.140. The van der Waals surface area contributed by atoms with Gasteiger partial charge in [-0.2, -0.15) is 10.1 Å². The lowest BCUT2D eigenvalue weighted by atomic mass is 9.85. The second kappa shape index (κ2) is 5.47. The summed E-state index contributed by atoms with van der Waals surface area (Å²) in [5.74, 6) is 0.587. The summed E-state index contributed by atoms with van der Waals surface area (Å²) in [6, 6.07) is 5.37. The summed E-state index contributed by atoms with van der Waals surface area (Å²) < 4.78 is 10.6. The predicted octanol–water partition coefficient (Wildman–Crippen LogP) is 1.84. The van der Waals surface area contributed by atoms with E-state index in [1.807, 2.05) is 0 Å². The van der Waals surface area contributed by atoms with Crippen LogP contribution in [0, 0.1) is 23.7 Å². The Morgan fingerprint density at radius 2 is 1.75 bits per heavy atom. The standard InChI is InChI=1S/C18H18N2O4/c1-23-13-5-3-4-12(16(13)24-2)9-19-20-17(21)14-10-6-7-11(8-10)15(14)18(20)22/h3-7,9-11,14-15H,8H2,1-2H3/b19-9-/t10-,11-,14-,15+/m0/s1. The van der Waals surface area contributed by atoms with E-state index in [1.54, 1.807) is 25.3 Å². The minimum absolute atomic E-state index is 0.183. The number of hydrazone groups is 1. The molecule has 1 aromatic rings. The van der Waals surface area contributed by atoms with E-state index in [4.69, 9.17) is 9.47 Å². The fraction of sp³-hybridized carbons (Fsp3) is 0.389. The molecule has 0 unspecified atom stereocenters. The molecule has 0 N–H and O–H groups in total. The van der Waals surface area contributed by atoms with Crippen LogP contribution in [0.1, 0.15) is 12.0 Å². The quantitative estimate of drug-likeness (QED) is 0.481. The van der Waals surface area contributed by atoms with E-state index in [1.165, 1.54) is 13.3 Å². The monoisotopic (exact) mass is 326 g/mol. The van der Waals surface area contributed by atoms with Gasteiger partial charge in [-0.25, -0.2) is 0 Å². The Labute approximate surface area is 139 Å². The van der Waals surface area contributed by atoms with Crippen molar-refractivity contribution >= 4 is 18.0 Å². The summed E-state index contributed by atoms with van der Waals surface area (Å²) in [7, 11) is 3.09. The molecule has 2 fully saturated rings. The molecule has 6 nitrogen and oxygen atoms in total. The van der Waals surface area contributed by atoms with Crippen LogP contribution in [0.25, 0.3) is 0 Å². The molecule has 2 bridgehead atoms. The molecule has 4 atom stereocenters. The van der Waals surface area contributed by atoms with Crippen LogP contribution in [-0.4, -0.2) is 37.3 Å². The van der Waals surface area contributed by atoms with Crippen LogP contribution in [0.2, 0.25) is 0 Å². The highest BCUT2D eigenvalue weighted by atomic mass is 16.5. The molecule has 0 radical (unpaired) electrons. The minimum atomic E-state index is -0.239. The van der Waals surface area contributed by atoms with Gasteiger partial charge in [0.2, 0.25) is 0 Å². The number of hydrogen-bond donors (Lipinski definition) is 0. The molecule has 2 amide bonds. The topological polar surface area (TPSA) is 68.2 Å². The molecular weight excluding hydrogens is 308 g/mol. The molecule has 1 saturated carbocycles. The number of amides is 2. The van der Waals surface area contributed by atoms with Gasteiger partial charge in [0.25, 0.3) is 11.8 Å². The Kier molecular flexibility index (Phi) is 3.40. The third kappa shape index (κ3) is 1.99. The summed E-state index contributed by atoms with van der Waals surface area (Å²) in [4.78, 5) is 25.2. The summed E-state index contributed by atoms with van der Waals surface area (Å²) in [6.45, 7) is 0. The fourth-order valence-electron chi connectivity index (χ4n) is 4.13. The molecule has 1 aromatic carbocycles. The number of allylic oxidation sites excluding steroid dienone is 2. The van der Waals surface area contributed by atoms with Crippen molar-refractivity contribution in [1.29, 1.82) is 0 Å². The van der Waals surface area contributed by atoms with Crippen LogP contribution in [0.4, 0.5) is 0 Å². The summed E-state index contributed by atoms with van der Waals surface area (Å²) in [5.41, 5.74) is 0.649. The molecule has 3 aliphatic rings. The molecule has 1 aliphatic heterocycles. The molecule has 124 valence electrons. The molecule has 4 rings (SSSR count). The normalized spacial score (nSPS) is 30.5. The van der Waals surface area contributed by atoms with Crippen molar-refractivity contribution in [3.8, 4) is 11.5 Å². The molecule has 0 aromatic heterocycles. The number of ether oxygens (including phenoxy) is 2. The van der Waals surface area contributed by atoms with Crippen LogP contribution in [-0.2, 0) is 9.59 Å². The average molecular weight is 326 g/mol. The van der Waals surface area contributed by atoms with Crippen LogP contribution >= 0.6 is 0 Å². The molecule has 0 spiro atoms. The first-order valence-electron chi connectivity index (χ1n) is 7.96. The van der Waals surface area contributed by atoms with Gasteiger partial charge in [-0.15, -0.1) is 0 Å². The van der Waals surface area contributed by atoms with Gasteiger partial charge >= 0.3 is 0 Å². The maximum atomic E-state index is 12.6. The van der Waals surface area contributed by atoms with Crippen molar-refractivity contribution < 1.29 is 19.1 Å². The highest BCUT2D eigenvalue weighted by molar-refractivity contribution is 6.07. The number of hydrogen-bond acceptors (Lipinski definition) is 5. The number of methoxy groups -OCH3 is 2. The molecule has 2 aliphatic carbocycles. The Morgan fingerprint density at radius 1 is 1.08 bits per heavy atom. The maximum absolute atomic E-state index is 12.6. The molecule has 1 saturated heterocycles. The zero-order valence-corrected chi connectivity index (χ0v) is 13.5. The molecular formula is C18H18N2O4. The highest BCUT2D eigenvalue weighted by Crippen LogP contribution is 2.52.